The van der Waals surface area contributed by atoms with Crippen LogP contribution in [-0.4, -0.2) is 43.8 Å². The highest BCUT2D eigenvalue weighted by molar-refractivity contribution is 9.10. The molecule has 1 fully saturated rings. The molecule has 0 atom stereocenters. The van der Waals surface area contributed by atoms with Crippen LogP contribution >= 0.6 is 15.9 Å². The number of nitrogens with zero attached hydrogens (tertiary/aromatic N) is 1. The number of methoxy groups -OCH3 is 1. The topological polar surface area (TPSA) is 83.9 Å². The van der Waals surface area contributed by atoms with Gasteiger partial charge in [-0.25, -0.2) is 8.42 Å². The molecule has 0 spiro atoms. The quantitative estimate of drug-likeness (QED) is 0.517. The Labute approximate surface area is 172 Å². The van der Waals surface area contributed by atoms with E-state index >= 15 is 0 Å². The van der Waals surface area contributed by atoms with Crippen LogP contribution in [0.1, 0.15) is 28.8 Å². The largest absolute Gasteiger partial charge is 0.503 e. The highest BCUT2D eigenvalue weighted by Crippen LogP contribution is 2.35. The molecule has 0 radical (unpaired) electrons. The second-order valence-corrected chi connectivity index (χ2v) is 9.18. The maximum absolute atomic E-state index is 12.5. The van der Waals surface area contributed by atoms with Crippen molar-refractivity contribution in [2.24, 2.45) is 0 Å². The van der Waals surface area contributed by atoms with E-state index in [9.17, 15) is 18.3 Å². The number of allylic oxidation sites excluding steroid dienone is 1. The number of phenols is 1. The number of phenolic OH excluding ortho intramolecular Hbond substituents is 1. The van der Waals surface area contributed by atoms with Crippen LogP contribution in [0.25, 0.3) is 6.08 Å². The summed E-state index contributed by atoms with van der Waals surface area (Å²) in [6.07, 6.45) is 4.74. The summed E-state index contributed by atoms with van der Waals surface area (Å²) in [6, 6.07) is 9.23. The first-order chi connectivity index (χ1) is 13.3. The third-order valence-corrected chi connectivity index (χ3v) is 7.06. The molecule has 0 amide bonds. The summed E-state index contributed by atoms with van der Waals surface area (Å²) >= 11 is 3.23. The molecule has 148 valence electrons. The van der Waals surface area contributed by atoms with Crippen molar-refractivity contribution in [3.05, 3.63) is 58.1 Å². The Balaban J connectivity index is 1.76. The molecular weight excluding hydrogens is 446 g/mol. The summed E-state index contributed by atoms with van der Waals surface area (Å²) in [7, 11) is -2.05. The predicted octanol–water partition coefficient (Wildman–Crippen LogP) is 3.84. The molecule has 1 aliphatic heterocycles. The van der Waals surface area contributed by atoms with Gasteiger partial charge in [0.25, 0.3) is 0 Å². The molecule has 8 heteroatoms. The molecule has 3 rings (SSSR count). The molecule has 1 aliphatic rings. The van der Waals surface area contributed by atoms with E-state index in [1.54, 1.807) is 18.2 Å². The first-order valence-corrected chi connectivity index (χ1v) is 11.0. The Bertz CT molecular complexity index is 1010. The molecule has 0 saturated carbocycles. The molecule has 28 heavy (non-hydrogen) atoms. The number of carbonyl (C=O) groups is 1. The SMILES string of the molecule is COc1cc(/C=C/C(=O)c2ccc(S(=O)(=O)N3CCCC3)cc2)cc(Br)c1O. The molecule has 0 bridgehead atoms. The average molecular weight is 466 g/mol. The van der Waals surface area contributed by atoms with Gasteiger partial charge in [0.1, 0.15) is 0 Å². The van der Waals surface area contributed by atoms with Gasteiger partial charge in [-0.15, -0.1) is 0 Å². The van der Waals surface area contributed by atoms with Crippen LogP contribution in [0, 0.1) is 0 Å². The van der Waals surface area contributed by atoms with Crippen LogP contribution in [0.2, 0.25) is 0 Å². The zero-order valence-corrected chi connectivity index (χ0v) is 17.7. The molecule has 2 aromatic rings. The Morgan fingerprint density at radius 3 is 2.43 bits per heavy atom. The van der Waals surface area contributed by atoms with Crippen molar-refractivity contribution in [1.82, 2.24) is 4.31 Å². The Hall–Kier alpha value is -2.16. The van der Waals surface area contributed by atoms with E-state index in [4.69, 9.17) is 4.74 Å². The standard InChI is InChI=1S/C20H20BrNO5S/c1-27-19-13-14(12-17(21)20(19)24)4-9-18(23)15-5-7-16(8-6-15)28(25,26)22-10-2-3-11-22/h4-9,12-13,24H,2-3,10-11H2,1H3/b9-4+. The lowest BCUT2D eigenvalue weighted by molar-refractivity contribution is 0.104. The number of carbonyl (C=O) groups excluding carboxylic acids is 1. The highest BCUT2D eigenvalue weighted by atomic mass is 79.9. The van der Waals surface area contributed by atoms with Crippen LogP contribution in [0.3, 0.4) is 0 Å². The van der Waals surface area contributed by atoms with Gasteiger partial charge in [0.2, 0.25) is 10.0 Å². The molecular formula is C20H20BrNO5S. The molecule has 2 aromatic carbocycles. The number of ketones is 1. The monoisotopic (exact) mass is 465 g/mol. The van der Waals surface area contributed by atoms with Crippen molar-refractivity contribution in [3.63, 3.8) is 0 Å². The van der Waals surface area contributed by atoms with Crippen molar-refractivity contribution in [1.29, 1.82) is 0 Å². The van der Waals surface area contributed by atoms with E-state index in [-0.39, 0.29) is 22.2 Å². The van der Waals surface area contributed by atoms with Gasteiger partial charge >= 0.3 is 0 Å². The van der Waals surface area contributed by atoms with Crippen LogP contribution in [-0.2, 0) is 10.0 Å². The lowest BCUT2D eigenvalue weighted by Crippen LogP contribution is -2.27. The normalized spacial score (nSPS) is 15.2. The number of hydrogen-bond acceptors (Lipinski definition) is 5. The van der Waals surface area contributed by atoms with Gasteiger partial charge in [-0.05, 0) is 76.8 Å². The third-order valence-electron chi connectivity index (χ3n) is 4.54. The van der Waals surface area contributed by atoms with Gasteiger partial charge in [0, 0.05) is 18.7 Å². The second-order valence-electron chi connectivity index (χ2n) is 6.39. The second kappa shape index (κ2) is 8.46. The first kappa shape index (κ1) is 20.6. The maximum Gasteiger partial charge on any atom is 0.243 e. The molecule has 6 nitrogen and oxygen atoms in total. The van der Waals surface area contributed by atoms with Crippen LogP contribution in [0.4, 0.5) is 0 Å². The minimum atomic E-state index is -3.49. The Kier molecular flexibility index (Phi) is 6.22. The van der Waals surface area contributed by atoms with E-state index in [2.05, 4.69) is 15.9 Å². The molecule has 1 N–H and O–H groups in total. The van der Waals surface area contributed by atoms with Crippen molar-refractivity contribution < 1.29 is 23.1 Å². The fourth-order valence-electron chi connectivity index (χ4n) is 2.98. The Morgan fingerprint density at radius 2 is 1.82 bits per heavy atom. The molecule has 0 aliphatic carbocycles. The number of rotatable bonds is 6. The van der Waals surface area contributed by atoms with E-state index < -0.39 is 10.0 Å². The van der Waals surface area contributed by atoms with E-state index in [0.29, 0.717) is 28.7 Å². The average Bonchev–Trinajstić information content (AvgIpc) is 3.24. The third kappa shape index (κ3) is 4.29. The van der Waals surface area contributed by atoms with Gasteiger partial charge in [-0.3, -0.25) is 4.79 Å². The zero-order chi connectivity index (χ0) is 20.3. The fourth-order valence-corrected chi connectivity index (χ4v) is 4.96. The summed E-state index contributed by atoms with van der Waals surface area (Å²) in [5, 5.41) is 9.83. The summed E-state index contributed by atoms with van der Waals surface area (Å²) < 4.78 is 32.1. The minimum Gasteiger partial charge on any atom is -0.503 e. The van der Waals surface area contributed by atoms with E-state index in [0.717, 1.165) is 12.8 Å². The molecule has 0 unspecified atom stereocenters. The number of halogens is 1. The number of benzene rings is 2. The summed E-state index contributed by atoms with van der Waals surface area (Å²) in [5.41, 5.74) is 1.06. The predicted molar refractivity (Wildman–Crippen MR) is 110 cm³/mol. The summed E-state index contributed by atoms with van der Waals surface area (Å²) in [4.78, 5) is 12.6. The number of ether oxygens (including phenoxy) is 1. The first-order valence-electron chi connectivity index (χ1n) is 8.72. The Morgan fingerprint density at radius 1 is 1.18 bits per heavy atom. The molecule has 0 aromatic heterocycles. The van der Waals surface area contributed by atoms with Crippen LogP contribution in [0.15, 0.2) is 51.8 Å². The van der Waals surface area contributed by atoms with Crippen molar-refractivity contribution in [2.75, 3.05) is 20.2 Å². The van der Waals surface area contributed by atoms with E-state index in [1.807, 2.05) is 0 Å². The lowest BCUT2D eigenvalue weighted by Gasteiger charge is -2.15. The van der Waals surface area contributed by atoms with Crippen LogP contribution < -0.4 is 4.74 Å². The summed E-state index contributed by atoms with van der Waals surface area (Å²) in [6.45, 7) is 1.08. The minimum absolute atomic E-state index is 0.0132. The van der Waals surface area contributed by atoms with Crippen LogP contribution in [0.5, 0.6) is 11.5 Å². The van der Waals surface area contributed by atoms with Gasteiger partial charge in [0.05, 0.1) is 16.5 Å². The lowest BCUT2D eigenvalue weighted by atomic mass is 10.1. The van der Waals surface area contributed by atoms with Gasteiger partial charge < -0.3 is 9.84 Å². The van der Waals surface area contributed by atoms with Gasteiger partial charge in [-0.2, -0.15) is 4.31 Å². The molecule has 1 saturated heterocycles. The van der Waals surface area contributed by atoms with Crippen molar-refractivity contribution in [2.45, 2.75) is 17.7 Å². The maximum atomic E-state index is 12.5. The fraction of sp³-hybridized carbons (Fsp3) is 0.250. The summed E-state index contributed by atoms with van der Waals surface area (Å²) in [5.74, 6) is 0.0204. The number of hydrogen-bond donors (Lipinski definition) is 1. The van der Waals surface area contributed by atoms with Crippen molar-refractivity contribution >= 4 is 37.8 Å². The van der Waals surface area contributed by atoms with Crippen molar-refractivity contribution in [3.8, 4) is 11.5 Å². The number of sulfonamides is 1. The van der Waals surface area contributed by atoms with Gasteiger partial charge in [0.15, 0.2) is 17.3 Å². The highest BCUT2D eigenvalue weighted by Gasteiger charge is 2.27. The number of aromatic hydroxyl groups is 1. The van der Waals surface area contributed by atoms with Gasteiger partial charge in [-0.1, -0.05) is 6.08 Å². The van der Waals surface area contributed by atoms with E-state index in [1.165, 1.54) is 41.8 Å². The molecule has 1 heterocycles. The smallest absolute Gasteiger partial charge is 0.243 e. The zero-order valence-electron chi connectivity index (χ0n) is 15.3.